The van der Waals surface area contributed by atoms with Crippen LogP contribution in [0.5, 0.6) is 5.75 Å². The molecule has 178 valence electrons. The number of hydrogen-bond acceptors (Lipinski definition) is 4. The SMILES string of the molecule is CC(CNC(=O)CC(=O)CCc1ccc(OCc2ccccc2)cc1)COCc1ccccc1. The van der Waals surface area contributed by atoms with Crippen molar-refractivity contribution in [3.63, 3.8) is 0 Å². The van der Waals surface area contributed by atoms with E-state index >= 15 is 0 Å². The molecule has 3 aromatic rings. The number of amides is 1. The second kappa shape index (κ2) is 14.0. The summed E-state index contributed by atoms with van der Waals surface area (Å²) in [5.41, 5.74) is 3.29. The third-order valence-corrected chi connectivity index (χ3v) is 5.38. The Morgan fingerprint density at radius 3 is 2.06 bits per heavy atom. The first kappa shape index (κ1) is 25.2. The molecule has 5 heteroatoms. The molecule has 3 rings (SSSR count). The Hall–Kier alpha value is -3.44. The van der Waals surface area contributed by atoms with Gasteiger partial charge >= 0.3 is 0 Å². The monoisotopic (exact) mass is 459 g/mol. The molecule has 3 aromatic carbocycles. The Labute approximate surface area is 202 Å². The largest absolute Gasteiger partial charge is 0.489 e. The van der Waals surface area contributed by atoms with Crippen LogP contribution in [0.3, 0.4) is 0 Å². The molecule has 1 atom stereocenters. The molecule has 1 amide bonds. The number of aryl methyl sites for hydroxylation is 1. The van der Waals surface area contributed by atoms with E-state index in [0.717, 1.165) is 22.4 Å². The lowest BCUT2D eigenvalue weighted by Crippen LogP contribution is -2.31. The summed E-state index contributed by atoms with van der Waals surface area (Å²) < 4.78 is 11.5. The van der Waals surface area contributed by atoms with Gasteiger partial charge in [0.1, 0.15) is 18.1 Å². The fourth-order valence-electron chi connectivity index (χ4n) is 3.41. The van der Waals surface area contributed by atoms with Crippen molar-refractivity contribution in [1.82, 2.24) is 5.32 Å². The summed E-state index contributed by atoms with van der Waals surface area (Å²) >= 11 is 0. The minimum Gasteiger partial charge on any atom is -0.489 e. The van der Waals surface area contributed by atoms with E-state index in [-0.39, 0.29) is 24.0 Å². The van der Waals surface area contributed by atoms with Crippen molar-refractivity contribution in [3.05, 3.63) is 102 Å². The van der Waals surface area contributed by atoms with Crippen molar-refractivity contribution in [2.45, 2.75) is 39.4 Å². The molecular formula is C29H33NO4. The van der Waals surface area contributed by atoms with Crippen molar-refractivity contribution in [2.75, 3.05) is 13.2 Å². The highest BCUT2D eigenvalue weighted by molar-refractivity contribution is 5.98. The summed E-state index contributed by atoms with van der Waals surface area (Å²) in [6, 6.07) is 27.7. The van der Waals surface area contributed by atoms with Gasteiger partial charge in [-0.3, -0.25) is 9.59 Å². The number of rotatable bonds is 14. The van der Waals surface area contributed by atoms with Gasteiger partial charge in [-0.1, -0.05) is 79.7 Å². The van der Waals surface area contributed by atoms with Crippen molar-refractivity contribution >= 4 is 11.7 Å². The number of hydrogen-bond donors (Lipinski definition) is 1. The molecule has 1 N–H and O–H groups in total. The molecule has 5 nitrogen and oxygen atoms in total. The van der Waals surface area contributed by atoms with Crippen molar-refractivity contribution in [2.24, 2.45) is 5.92 Å². The molecule has 0 heterocycles. The molecule has 0 radical (unpaired) electrons. The highest BCUT2D eigenvalue weighted by atomic mass is 16.5. The number of benzene rings is 3. The summed E-state index contributed by atoms with van der Waals surface area (Å²) in [4.78, 5) is 24.3. The zero-order valence-electron chi connectivity index (χ0n) is 19.7. The Morgan fingerprint density at radius 2 is 1.41 bits per heavy atom. The number of ether oxygens (including phenoxy) is 2. The highest BCUT2D eigenvalue weighted by Crippen LogP contribution is 2.15. The van der Waals surface area contributed by atoms with Crippen LogP contribution in [-0.2, 0) is 34.0 Å². The summed E-state index contributed by atoms with van der Waals surface area (Å²) in [7, 11) is 0. The molecule has 0 aliphatic carbocycles. The Morgan fingerprint density at radius 1 is 0.794 bits per heavy atom. The highest BCUT2D eigenvalue weighted by Gasteiger charge is 2.11. The lowest BCUT2D eigenvalue weighted by Gasteiger charge is -2.13. The zero-order valence-corrected chi connectivity index (χ0v) is 19.7. The van der Waals surface area contributed by atoms with Gasteiger partial charge < -0.3 is 14.8 Å². The van der Waals surface area contributed by atoms with Crippen LogP contribution in [0.25, 0.3) is 0 Å². The molecular weight excluding hydrogens is 426 g/mol. The molecule has 0 aliphatic heterocycles. The van der Waals surface area contributed by atoms with Gasteiger partial charge in [-0.15, -0.1) is 0 Å². The lowest BCUT2D eigenvalue weighted by molar-refractivity contribution is -0.128. The van der Waals surface area contributed by atoms with Crippen LogP contribution in [-0.4, -0.2) is 24.8 Å². The van der Waals surface area contributed by atoms with Gasteiger partial charge in [0.15, 0.2) is 0 Å². The summed E-state index contributed by atoms with van der Waals surface area (Å²) in [6.45, 7) is 4.13. The second-order valence-electron chi connectivity index (χ2n) is 8.54. The van der Waals surface area contributed by atoms with Crippen molar-refractivity contribution in [3.8, 4) is 5.75 Å². The van der Waals surface area contributed by atoms with Crippen LogP contribution in [0, 0.1) is 5.92 Å². The topological polar surface area (TPSA) is 64.6 Å². The second-order valence-corrected chi connectivity index (χ2v) is 8.54. The third-order valence-electron chi connectivity index (χ3n) is 5.38. The molecule has 0 fully saturated rings. The average molecular weight is 460 g/mol. The van der Waals surface area contributed by atoms with E-state index < -0.39 is 0 Å². The van der Waals surface area contributed by atoms with Gasteiger partial charge in [0.05, 0.1) is 19.6 Å². The number of ketones is 1. The van der Waals surface area contributed by atoms with Crippen LogP contribution in [0.4, 0.5) is 0 Å². The van der Waals surface area contributed by atoms with E-state index in [2.05, 4.69) is 5.32 Å². The van der Waals surface area contributed by atoms with Gasteiger partial charge in [0.2, 0.25) is 5.91 Å². The van der Waals surface area contributed by atoms with Crippen molar-refractivity contribution < 1.29 is 19.1 Å². The molecule has 1 unspecified atom stereocenters. The first-order valence-electron chi connectivity index (χ1n) is 11.7. The van der Waals surface area contributed by atoms with Gasteiger partial charge in [-0.25, -0.2) is 0 Å². The van der Waals surface area contributed by atoms with E-state index in [4.69, 9.17) is 9.47 Å². The number of carbonyl (C=O) groups is 2. The van der Waals surface area contributed by atoms with Crippen molar-refractivity contribution in [1.29, 1.82) is 0 Å². The zero-order chi connectivity index (χ0) is 24.0. The van der Waals surface area contributed by atoms with Gasteiger partial charge in [-0.05, 0) is 41.2 Å². The summed E-state index contributed by atoms with van der Waals surface area (Å²) in [5.74, 6) is 0.671. The molecule has 0 bridgehead atoms. The van der Waals surface area contributed by atoms with E-state index in [0.29, 0.717) is 39.2 Å². The molecule has 0 aromatic heterocycles. The Balaban J connectivity index is 1.27. The fraction of sp³-hybridized carbons (Fsp3) is 0.310. The fourth-order valence-corrected chi connectivity index (χ4v) is 3.41. The van der Waals surface area contributed by atoms with Gasteiger partial charge in [0, 0.05) is 13.0 Å². The third kappa shape index (κ3) is 9.59. The van der Waals surface area contributed by atoms with E-state index in [9.17, 15) is 9.59 Å². The van der Waals surface area contributed by atoms with E-state index in [1.165, 1.54) is 0 Å². The molecule has 0 saturated carbocycles. The van der Waals surface area contributed by atoms with Crippen LogP contribution in [0.2, 0.25) is 0 Å². The molecule has 0 spiro atoms. The van der Waals surface area contributed by atoms with Crippen LogP contribution >= 0.6 is 0 Å². The Bertz CT molecular complexity index is 1000. The molecule has 0 aliphatic rings. The van der Waals surface area contributed by atoms with Crippen LogP contribution in [0.15, 0.2) is 84.9 Å². The van der Waals surface area contributed by atoms with E-state index in [1.807, 2.05) is 91.9 Å². The minimum atomic E-state index is -0.232. The minimum absolute atomic E-state index is 0.0603. The number of carbonyl (C=O) groups excluding carboxylic acids is 2. The first-order chi connectivity index (χ1) is 16.6. The maximum atomic E-state index is 12.2. The number of Topliss-reactive ketones (excluding diaryl/α,β-unsaturated/α-hetero) is 1. The lowest BCUT2D eigenvalue weighted by atomic mass is 10.1. The standard InChI is InChI=1S/C29H33NO4/c1-23(20-33-21-25-8-4-2-5-9-25)19-30-29(32)18-27(31)15-12-24-13-16-28(17-14-24)34-22-26-10-6-3-7-11-26/h2-11,13-14,16-17,23H,12,15,18-22H2,1H3,(H,30,32). The maximum Gasteiger partial charge on any atom is 0.227 e. The van der Waals surface area contributed by atoms with E-state index in [1.54, 1.807) is 0 Å². The van der Waals surface area contributed by atoms with Gasteiger partial charge in [-0.2, -0.15) is 0 Å². The average Bonchev–Trinajstić information content (AvgIpc) is 2.87. The summed E-state index contributed by atoms with van der Waals surface area (Å²) in [5, 5.41) is 2.84. The predicted octanol–water partition coefficient (Wildman–Crippen LogP) is 5.13. The predicted molar refractivity (Wildman–Crippen MR) is 133 cm³/mol. The smallest absolute Gasteiger partial charge is 0.227 e. The quantitative estimate of drug-likeness (QED) is 0.340. The van der Waals surface area contributed by atoms with Crippen LogP contribution < -0.4 is 10.1 Å². The van der Waals surface area contributed by atoms with Crippen LogP contribution in [0.1, 0.15) is 36.5 Å². The molecule has 0 saturated heterocycles. The maximum absolute atomic E-state index is 12.2. The first-order valence-corrected chi connectivity index (χ1v) is 11.7. The van der Waals surface area contributed by atoms with Gasteiger partial charge in [0.25, 0.3) is 0 Å². The Kier molecular flexibility index (Phi) is 10.3. The normalized spacial score (nSPS) is 11.6. The number of nitrogens with one attached hydrogen (secondary N) is 1. The summed E-state index contributed by atoms with van der Waals surface area (Å²) in [6.07, 6.45) is 0.859. The molecule has 34 heavy (non-hydrogen) atoms.